The van der Waals surface area contributed by atoms with Gasteiger partial charge in [0.05, 0.1) is 0 Å². The minimum absolute atomic E-state index is 0.329. The maximum absolute atomic E-state index is 11.2. The van der Waals surface area contributed by atoms with E-state index in [1.165, 1.54) is 0 Å². The number of rotatable bonds is 1. The number of aliphatic carboxylic acids is 2. The molecule has 0 saturated heterocycles. The maximum Gasteiger partial charge on any atom is 0.374 e. The number of carboxylic acids is 2. The van der Waals surface area contributed by atoms with E-state index in [1.54, 1.807) is 0 Å². The first-order chi connectivity index (χ1) is 4.68. The van der Waals surface area contributed by atoms with Crippen LogP contribution in [-0.4, -0.2) is 28.1 Å². The van der Waals surface area contributed by atoms with Crippen molar-refractivity contribution >= 4 is 11.9 Å². The zero-order valence-electron chi connectivity index (χ0n) is 5.97. The predicted molar refractivity (Wildman–Crippen MR) is 31.6 cm³/mol. The second-order valence-corrected chi connectivity index (χ2v) is 1.71. The molecule has 6 heteroatoms. The van der Waals surface area contributed by atoms with Gasteiger partial charge in [0.2, 0.25) is 0 Å². The summed E-state index contributed by atoms with van der Waals surface area (Å²) in [4.78, 5) is 18.3. The molecule has 0 atom stereocenters. The van der Waals surface area contributed by atoms with Crippen LogP contribution in [0.15, 0.2) is 0 Å². The van der Waals surface area contributed by atoms with E-state index in [0.717, 1.165) is 6.92 Å². The second-order valence-electron chi connectivity index (χ2n) is 1.71. The Labute approximate surface area is 61.4 Å². The van der Waals surface area contributed by atoms with Crippen LogP contribution in [0, 0.1) is 0 Å². The van der Waals surface area contributed by atoms with E-state index in [1.807, 2.05) is 0 Å². The summed E-state index contributed by atoms with van der Waals surface area (Å²) in [5, 5.41) is 14.9. The molecule has 4 nitrogen and oxygen atoms in total. The first-order valence-corrected chi connectivity index (χ1v) is 2.48. The standard InChI is InChI=1S/C3H4F2O2.C2H4O2/c1-3(4,5)2(6)7;1-2(3)4/h1H3,(H,6,7);1H3,(H,3,4). The lowest BCUT2D eigenvalue weighted by Crippen LogP contribution is -2.22. The lowest BCUT2D eigenvalue weighted by Gasteiger charge is -1.98. The van der Waals surface area contributed by atoms with Gasteiger partial charge in [-0.2, -0.15) is 8.78 Å². The molecule has 0 amide bonds. The van der Waals surface area contributed by atoms with E-state index in [9.17, 15) is 13.6 Å². The van der Waals surface area contributed by atoms with E-state index in [2.05, 4.69) is 0 Å². The first-order valence-electron chi connectivity index (χ1n) is 2.48. The molecule has 0 saturated carbocycles. The van der Waals surface area contributed by atoms with Crippen LogP contribution in [0.4, 0.5) is 8.78 Å². The van der Waals surface area contributed by atoms with Crippen molar-refractivity contribution in [3.05, 3.63) is 0 Å². The number of carbonyl (C=O) groups is 2. The molecule has 0 bridgehead atoms. The van der Waals surface area contributed by atoms with Gasteiger partial charge >= 0.3 is 11.9 Å². The number of hydrogen-bond acceptors (Lipinski definition) is 2. The van der Waals surface area contributed by atoms with Crippen LogP contribution >= 0.6 is 0 Å². The molecule has 11 heavy (non-hydrogen) atoms. The molecule has 0 fully saturated rings. The van der Waals surface area contributed by atoms with Crippen molar-refractivity contribution in [2.45, 2.75) is 19.8 Å². The van der Waals surface area contributed by atoms with Gasteiger partial charge in [0.1, 0.15) is 0 Å². The molecule has 0 spiro atoms. The molecule has 66 valence electrons. The molecule has 0 aromatic carbocycles. The Balaban J connectivity index is 0. The SMILES string of the molecule is CC(=O)O.CC(F)(F)C(=O)O. The van der Waals surface area contributed by atoms with Gasteiger partial charge in [-0.05, 0) is 0 Å². The Morgan fingerprint density at radius 2 is 1.36 bits per heavy atom. The summed E-state index contributed by atoms with van der Waals surface area (Å²) in [7, 11) is 0. The highest BCUT2D eigenvalue weighted by Crippen LogP contribution is 2.09. The van der Waals surface area contributed by atoms with Crippen molar-refractivity contribution in [3.63, 3.8) is 0 Å². The van der Waals surface area contributed by atoms with Gasteiger partial charge in [-0.25, -0.2) is 4.79 Å². The van der Waals surface area contributed by atoms with Crippen LogP contribution in [0.1, 0.15) is 13.8 Å². The van der Waals surface area contributed by atoms with Crippen molar-refractivity contribution in [1.29, 1.82) is 0 Å². The van der Waals surface area contributed by atoms with E-state index in [0.29, 0.717) is 6.92 Å². The Morgan fingerprint density at radius 1 is 1.27 bits per heavy atom. The molecular formula is C5H8F2O4. The van der Waals surface area contributed by atoms with E-state index in [4.69, 9.17) is 15.0 Å². The second kappa shape index (κ2) is 4.59. The van der Waals surface area contributed by atoms with Gasteiger partial charge in [0.15, 0.2) is 0 Å². The molecule has 0 radical (unpaired) electrons. The van der Waals surface area contributed by atoms with Gasteiger partial charge in [-0.3, -0.25) is 4.79 Å². The van der Waals surface area contributed by atoms with E-state index in [-0.39, 0.29) is 0 Å². The molecule has 2 N–H and O–H groups in total. The van der Waals surface area contributed by atoms with Crippen molar-refractivity contribution in [2.24, 2.45) is 0 Å². The lowest BCUT2D eigenvalue weighted by molar-refractivity contribution is -0.161. The normalized spacial score (nSPS) is 9.45. The van der Waals surface area contributed by atoms with Crippen molar-refractivity contribution < 1.29 is 28.6 Å². The number of alkyl halides is 2. The monoisotopic (exact) mass is 170 g/mol. The fourth-order valence-electron chi connectivity index (χ4n) is 0. The molecule has 0 aliphatic carbocycles. The number of hydrogen-bond donors (Lipinski definition) is 2. The molecule has 0 aliphatic rings. The molecule has 0 unspecified atom stereocenters. The number of carboxylic acid groups (broad SMARTS) is 2. The largest absolute Gasteiger partial charge is 0.481 e. The van der Waals surface area contributed by atoms with Gasteiger partial charge in [-0.1, -0.05) is 0 Å². The quantitative estimate of drug-likeness (QED) is 0.610. The summed E-state index contributed by atoms with van der Waals surface area (Å²) in [6, 6.07) is 0. The minimum Gasteiger partial charge on any atom is -0.481 e. The summed E-state index contributed by atoms with van der Waals surface area (Å²) in [5.41, 5.74) is 0. The van der Waals surface area contributed by atoms with Crippen LogP contribution in [0.25, 0.3) is 0 Å². The molecule has 0 heterocycles. The summed E-state index contributed by atoms with van der Waals surface area (Å²) in [5.74, 6) is -6.51. The third-order valence-corrected chi connectivity index (χ3v) is 0.376. The maximum atomic E-state index is 11.2. The summed E-state index contributed by atoms with van der Waals surface area (Å²) in [6.07, 6.45) is 0. The summed E-state index contributed by atoms with van der Waals surface area (Å²) < 4.78 is 22.5. The fourth-order valence-corrected chi connectivity index (χ4v) is 0. The highest BCUT2D eigenvalue weighted by Gasteiger charge is 2.31. The topological polar surface area (TPSA) is 74.6 Å². The zero-order valence-corrected chi connectivity index (χ0v) is 5.97. The van der Waals surface area contributed by atoms with Gasteiger partial charge in [0.25, 0.3) is 5.97 Å². The Hall–Kier alpha value is -1.20. The zero-order chi connectivity index (χ0) is 9.65. The minimum atomic E-state index is -3.58. The molecule has 0 aromatic heterocycles. The predicted octanol–water partition coefficient (Wildman–Crippen LogP) is 0.817. The highest BCUT2D eigenvalue weighted by molar-refractivity contribution is 5.74. The van der Waals surface area contributed by atoms with Gasteiger partial charge < -0.3 is 10.2 Å². The average Bonchev–Trinajstić information content (AvgIpc) is 1.59. The number of halogens is 2. The van der Waals surface area contributed by atoms with Crippen LogP contribution in [0.3, 0.4) is 0 Å². The molecule has 0 rings (SSSR count). The Bertz CT molecular complexity index is 145. The summed E-state index contributed by atoms with van der Waals surface area (Å²) >= 11 is 0. The third kappa shape index (κ3) is 17.7. The average molecular weight is 170 g/mol. The first kappa shape index (κ1) is 12.5. The van der Waals surface area contributed by atoms with Crippen molar-refractivity contribution in [3.8, 4) is 0 Å². The highest BCUT2D eigenvalue weighted by atomic mass is 19.3. The van der Waals surface area contributed by atoms with Crippen molar-refractivity contribution in [1.82, 2.24) is 0 Å². The van der Waals surface area contributed by atoms with E-state index < -0.39 is 17.9 Å². The summed E-state index contributed by atoms with van der Waals surface area (Å²) in [6.45, 7) is 1.41. The smallest absolute Gasteiger partial charge is 0.374 e. The molecule has 0 aliphatic heterocycles. The van der Waals surface area contributed by atoms with Gasteiger partial charge in [-0.15, -0.1) is 0 Å². The Kier molecular flexibility index (Phi) is 5.21. The van der Waals surface area contributed by atoms with Crippen LogP contribution in [0.5, 0.6) is 0 Å². The lowest BCUT2D eigenvalue weighted by atomic mass is 10.4. The van der Waals surface area contributed by atoms with Gasteiger partial charge in [0, 0.05) is 13.8 Å². The van der Waals surface area contributed by atoms with Crippen LogP contribution in [0.2, 0.25) is 0 Å². The molecule has 0 aromatic rings. The molecular weight excluding hydrogens is 162 g/mol. The van der Waals surface area contributed by atoms with E-state index >= 15 is 0 Å². The third-order valence-electron chi connectivity index (χ3n) is 0.376. The van der Waals surface area contributed by atoms with Crippen LogP contribution < -0.4 is 0 Å². The Morgan fingerprint density at radius 3 is 1.36 bits per heavy atom. The van der Waals surface area contributed by atoms with Crippen LogP contribution in [-0.2, 0) is 9.59 Å². The van der Waals surface area contributed by atoms with Crippen molar-refractivity contribution in [2.75, 3.05) is 0 Å². The fraction of sp³-hybridized carbons (Fsp3) is 0.600.